The maximum Gasteiger partial charge on any atom is 0.227 e. The fourth-order valence-electron chi connectivity index (χ4n) is 1.18. The average molecular weight is 314 g/mol. The molecule has 0 unspecified atom stereocenters. The maximum absolute atomic E-state index is 10.7. The highest BCUT2D eigenvalue weighted by molar-refractivity contribution is 9.10. The van der Waals surface area contributed by atoms with Gasteiger partial charge in [0.15, 0.2) is 0 Å². The zero-order chi connectivity index (χ0) is 12.3. The van der Waals surface area contributed by atoms with Crippen molar-refractivity contribution in [3.8, 4) is 5.69 Å². The van der Waals surface area contributed by atoms with E-state index >= 15 is 0 Å². The number of benzene rings is 1. The van der Waals surface area contributed by atoms with Gasteiger partial charge in [0, 0.05) is 4.47 Å². The molecule has 0 fully saturated rings. The second-order valence-corrected chi connectivity index (χ2v) is 4.88. The Morgan fingerprint density at radius 3 is 2.94 bits per heavy atom. The summed E-state index contributed by atoms with van der Waals surface area (Å²) in [7, 11) is 0. The van der Waals surface area contributed by atoms with Gasteiger partial charge in [-0.25, -0.2) is 0 Å². The molecule has 2 rings (SSSR count). The summed E-state index contributed by atoms with van der Waals surface area (Å²) in [6.45, 7) is 0. The van der Waals surface area contributed by atoms with Gasteiger partial charge in [0.1, 0.15) is 0 Å². The lowest BCUT2D eigenvalue weighted by atomic mass is 10.3. The summed E-state index contributed by atoms with van der Waals surface area (Å²) in [5.74, 6) is -0.262. The smallest absolute Gasteiger partial charge is 0.227 e. The topological polar surface area (TPSA) is 86.7 Å². The molecule has 88 valence electrons. The number of carbonyl (C=O) groups is 1. The molecule has 6 nitrogen and oxygen atoms in total. The summed E-state index contributed by atoms with van der Waals surface area (Å²) in [6, 6.07) is 7.53. The highest BCUT2D eigenvalue weighted by Gasteiger charge is 2.11. The molecule has 1 aromatic heterocycles. The van der Waals surface area contributed by atoms with E-state index in [1.54, 1.807) is 4.68 Å². The van der Waals surface area contributed by atoms with Crippen LogP contribution in [-0.4, -0.2) is 31.9 Å². The zero-order valence-electron chi connectivity index (χ0n) is 8.58. The van der Waals surface area contributed by atoms with E-state index in [1.807, 2.05) is 24.3 Å². The number of nitrogens with two attached hydrogens (primary N) is 1. The summed E-state index contributed by atoms with van der Waals surface area (Å²) in [5.41, 5.74) is 5.89. The summed E-state index contributed by atoms with van der Waals surface area (Å²) in [5, 5.41) is 11.8. The Hall–Kier alpha value is -1.41. The Morgan fingerprint density at radius 2 is 2.24 bits per heavy atom. The molecule has 0 atom stereocenters. The van der Waals surface area contributed by atoms with Gasteiger partial charge < -0.3 is 5.73 Å². The van der Waals surface area contributed by atoms with Crippen molar-refractivity contribution in [3.05, 3.63) is 28.7 Å². The van der Waals surface area contributed by atoms with Crippen molar-refractivity contribution in [2.45, 2.75) is 5.16 Å². The van der Waals surface area contributed by atoms with Crippen molar-refractivity contribution in [2.75, 3.05) is 5.75 Å². The SMILES string of the molecule is NC(=O)CSc1nnnn1-c1ccccc1Br. The minimum Gasteiger partial charge on any atom is -0.369 e. The number of halogens is 1. The van der Waals surface area contributed by atoms with Crippen molar-refractivity contribution in [1.29, 1.82) is 0 Å². The molecule has 1 heterocycles. The number of primary amides is 1. The van der Waals surface area contributed by atoms with E-state index in [4.69, 9.17) is 5.73 Å². The lowest BCUT2D eigenvalue weighted by Gasteiger charge is -2.04. The molecule has 0 aliphatic rings. The second-order valence-electron chi connectivity index (χ2n) is 3.08. The Morgan fingerprint density at radius 1 is 1.47 bits per heavy atom. The van der Waals surface area contributed by atoms with E-state index in [1.165, 1.54) is 11.8 Å². The molecule has 2 N–H and O–H groups in total. The van der Waals surface area contributed by atoms with Crippen molar-refractivity contribution in [2.24, 2.45) is 5.73 Å². The van der Waals surface area contributed by atoms with Crippen LogP contribution in [-0.2, 0) is 4.79 Å². The van der Waals surface area contributed by atoms with Gasteiger partial charge in [0.05, 0.1) is 11.4 Å². The van der Waals surface area contributed by atoms with Gasteiger partial charge in [-0.05, 0) is 38.5 Å². The third-order valence-electron chi connectivity index (χ3n) is 1.87. The fraction of sp³-hybridized carbons (Fsp3) is 0.111. The standard InChI is InChI=1S/C9H8BrN5OS/c10-6-3-1-2-4-7(6)15-9(12-13-14-15)17-5-8(11)16/h1-4H,5H2,(H2,11,16). The van der Waals surface area contributed by atoms with Crippen LogP contribution in [0.4, 0.5) is 0 Å². The molecule has 0 aliphatic carbocycles. The second kappa shape index (κ2) is 5.28. The van der Waals surface area contributed by atoms with Crippen LogP contribution >= 0.6 is 27.7 Å². The minimum absolute atomic E-state index is 0.144. The van der Waals surface area contributed by atoms with Crippen molar-refractivity contribution in [3.63, 3.8) is 0 Å². The van der Waals surface area contributed by atoms with Crippen LogP contribution in [0, 0.1) is 0 Å². The van der Waals surface area contributed by atoms with Crippen LogP contribution in [0.15, 0.2) is 33.9 Å². The Bertz CT molecular complexity index is 544. The van der Waals surface area contributed by atoms with Crippen LogP contribution in [0.1, 0.15) is 0 Å². The van der Waals surface area contributed by atoms with Crippen molar-refractivity contribution < 1.29 is 4.79 Å². The molecule has 0 aliphatic heterocycles. The normalized spacial score (nSPS) is 10.4. The number of hydrogen-bond acceptors (Lipinski definition) is 5. The van der Waals surface area contributed by atoms with Crippen LogP contribution in [0.3, 0.4) is 0 Å². The van der Waals surface area contributed by atoms with E-state index in [9.17, 15) is 4.79 Å². The number of aromatic nitrogens is 4. The van der Waals surface area contributed by atoms with Gasteiger partial charge in [0.25, 0.3) is 0 Å². The summed E-state index contributed by atoms with van der Waals surface area (Å²) in [4.78, 5) is 10.7. The van der Waals surface area contributed by atoms with Crippen LogP contribution in [0.25, 0.3) is 5.69 Å². The zero-order valence-corrected chi connectivity index (χ0v) is 11.0. The van der Waals surface area contributed by atoms with E-state index < -0.39 is 5.91 Å². The lowest BCUT2D eigenvalue weighted by molar-refractivity contribution is -0.115. The summed E-state index contributed by atoms with van der Waals surface area (Å²) < 4.78 is 2.42. The van der Waals surface area contributed by atoms with Gasteiger partial charge in [-0.3, -0.25) is 4.79 Å². The van der Waals surface area contributed by atoms with Crippen LogP contribution < -0.4 is 5.73 Å². The van der Waals surface area contributed by atoms with Gasteiger partial charge >= 0.3 is 0 Å². The molecule has 0 saturated heterocycles. The highest BCUT2D eigenvalue weighted by atomic mass is 79.9. The Labute approximate surface area is 110 Å². The molecule has 2 aromatic rings. The van der Waals surface area contributed by atoms with Gasteiger partial charge in [0.2, 0.25) is 11.1 Å². The van der Waals surface area contributed by atoms with E-state index in [-0.39, 0.29) is 5.75 Å². The predicted molar refractivity (Wildman–Crippen MR) is 66.8 cm³/mol. The van der Waals surface area contributed by atoms with Crippen molar-refractivity contribution >= 4 is 33.6 Å². The lowest BCUT2D eigenvalue weighted by Crippen LogP contribution is -2.13. The monoisotopic (exact) mass is 313 g/mol. The van der Waals surface area contributed by atoms with E-state index in [0.717, 1.165) is 10.2 Å². The number of tetrazole rings is 1. The maximum atomic E-state index is 10.7. The van der Waals surface area contributed by atoms with E-state index in [2.05, 4.69) is 31.5 Å². The third-order valence-corrected chi connectivity index (χ3v) is 3.48. The van der Waals surface area contributed by atoms with Crippen LogP contribution in [0.2, 0.25) is 0 Å². The molecule has 0 bridgehead atoms. The first-order valence-electron chi connectivity index (χ1n) is 4.63. The van der Waals surface area contributed by atoms with Gasteiger partial charge in [-0.2, -0.15) is 4.68 Å². The molecule has 0 saturated carbocycles. The summed E-state index contributed by atoms with van der Waals surface area (Å²) in [6.07, 6.45) is 0. The molecular weight excluding hydrogens is 306 g/mol. The molecule has 1 aromatic carbocycles. The molecule has 8 heteroatoms. The van der Waals surface area contributed by atoms with Gasteiger partial charge in [-0.1, -0.05) is 23.9 Å². The molecular formula is C9H8BrN5OS. The number of rotatable bonds is 4. The number of carbonyl (C=O) groups excluding carboxylic acids is 1. The Balaban J connectivity index is 2.31. The minimum atomic E-state index is -0.406. The number of para-hydroxylation sites is 1. The van der Waals surface area contributed by atoms with Crippen LogP contribution in [0.5, 0.6) is 0 Å². The number of hydrogen-bond donors (Lipinski definition) is 1. The third kappa shape index (κ3) is 2.83. The first-order chi connectivity index (χ1) is 8.18. The molecule has 17 heavy (non-hydrogen) atoms. The molecule has 0 radical (unpaired) electrons. The Kier molecular flexibility index (Phi) is 3.75. The predicted octanol–water partition coefficient (Wildman–Crippen LogP) is 1.00. The molecule has 0 spiro atoms. The first kappa shape index (κ1) is 12.1. The fourth-order valence-corrected chi connectivity index (χ4v) is 2.25. The summed E-state index contributed by atoms with van der Waals surface area (Å²) >= 11 is 4.61. The van der Waals surface area contributed by atoms with E-state index in [0.29, 0.717) is 5.16 Å². The largest absolute Gasteiger partial charge is 0.369 e. The highest BCUT2D eigenvalue weighted by Crippen LogP contribution is 2.23. The quantitative estimate of drug-likeness (QED) is 0.851. The number of nitrogens with zero attached hydrogens (tertiary/aromatic N) is 4. The van der Waals surface area contributed by atoms with Crippen molar-refractivity contribution in [1.82, 2.24) is 20.2 Å². The van der Waals surface area contributed by atoms with Gasteiger partial charge in [-0.15, -0.1) is 5.10 Å². The average Bonchev–Trinajstić information content (AvgIpc) is 2.75. The molecule has 1 amide bonds. The first-order valence-corrected chi connectivity index (χ1v) is 6.40. The number of thioether (sulfide) groups is 1. The number of amides is 1.